The van der Waals surface area contributed by atoms with Crippen LogP contribution < -0.4 is 5.32 Å². The number of benzene rings is 1. The van der Waals surface area contributed by atoms with Crippen LogP contribution in [-0.2, 0) is 15.1 Å². The first-order valence-electron chi connectivity index (χ1n) is 6.75. The molecule has 1 atom stereocenters. The first kappa shape index (κ1) is 16.6. The number of carbonyl (C=O) groups excluding carboxylic acids is 1. The Morgan fingerprint density at radius 2 is 2.09 bits per heavy atom. The number of nitrogens with one attached hydrogen (secondary N) is 1. The van der Waals surface area contributed by atoms with Crippen LogP contribution in [0, 0.1) is 0 Å². The number of nitrogens with zero attached hydrogens (tertiary/aromatic N) is 1. The maximum Gasteiger partial charge on any atom is 0.336 e. The maximum absolute atomic E-state index is 12.5. The summed E-state index contributed by atoms with van der Waals surface area (Å²) in [4.78, 5) is 16.5. The van der Waals surface area contributed by atoms with E-state index in [1.807, 2.05) is 13.0 Å². The number of carbonyl (C=O) groups is 1. The third-order valence-corrected chi connectivity index (χ3v) is 4.23. The molecule has 0 amide bonds. The fourth-order valence-corrected chi connectivity index (χ4v) is 2.59. The van der Waals surface area contributed by atoms with Gasteiger partial charge in [0.1, 0.15) is 0 Å². The van der Waals surface area contributed by atoms with Gasteiger partial charge in [-0.3, -0.25) is 4.98 Å². The SMILES string of the molecule is CCC(Nc1ccc(Cl)c(Cl)c1)(C(=O)OC)c1cccnc1. The van der Waals surface area contributed by atoms with Gasteiger partial charge >= 0.3 is 5.97 Å². The van der Waals surface area contributed by atoms with Gasteiger partial charge in [-0.25, -0.2) is 4.79 Å². The maximum atomic E-state index is 12.5. The summed E-state index contributed by atoms with van der Waals surface area (Å²) in [7, 11) is 1.36. The minimum atomic E-state index is -1.04. The van der Waals surface area contributed by atoms with Crippen molar-refractivity contribution >= 4 is 34.9 Å². The van der Waals surface area contributed by atoms with Crippen molar-refractivity contribution in [1.29, 1.82) is 0 Å². The van der Waals surface area contributed by atoms with Gasteiger partial charge in [0.25, 0.3) is 0 Å². The Labute approximate surface area is 139 Å². The molecule has 1 aromatic carbocycles. The van der Waals surface area contributed by atoms with Gasteiger partial charge < -0.3 is 10.1 Å². The van der Waals surface area contributed by atoms with Gasteiger partial charge in [0.2, 0.25) is 0 Å². The van der Waals surface area contributed by atoms with Crippen molar-refractivity contribution in [2.75, 3.05) is 12.4 Å². The number of hydrogen-bond donors (Lipinski definition) is 1. The minimum absolute atomic E-state index is 0.394. The number of methoxy groups -OCH3 is 1. The van der Waals surface area contributed by atoms with Crippen LogP contribution in [-0.4, -0.2) is 18.1 Å². The third-order valence-electron chi connectivity index (χ3n) is 3.50. The van der Waals surface area contributed by atoms with E-state index in [2.05, 4.69) is 10.3 Å². The highest BCUT2D eigenvalue weighted by atomic mass is 35.5. The topological polar surface area (TPSA) is 51.2 Å². The Balaban J connectivity index is 2.48. The van der Waals surface area contributed by atoms with E-state index in [0.717, 1.165) is 5.56 Å². The Morgan fingerprint density at radius 1 is 1.32 bits per heavy atom. The Bertz CT molecular complexity index is 664. The van der Waals surface area contributed by atoms with Crippen molar-refractivity contribution in [2.45, 2.75) is 18.9 Å². The number of rotatable bonds is 5. The molecular weight excluding hydrogens is 323 g/mol. The average molecular weight is 339 g/mol. The zero-order valence-electron chi connectivity index (χ0n) is 12.3. The molecule has 0 spiro atoms. The number of pyridine rings is 1. The van der Waals surface area contributed by atoms with Crippen LogP contribution in [0.2, 0.25) is 10.0 Å². The lowest BCUT2D eigenvalue weighted by atomic mass is 9.88. The van der Waals surface area contributed by atoms with Crippen LogP contribution in [0.1, 0.15) is 18.9 Å². The molecule has 2 aromatic rings. The molecule has 1 heterocycles. The summed E-state index contributed by atoms with van der Waals surface area (Å²) < 4.78 is 5.00. The van der Waals surface area contributed by atoms with E-state index >= 15 is 0 Å². The van der Waals surface area contributed by atoms with E-state index in [0.29, 0.717) is 22.2 Å². The van der Waals surface area contributed by atoms with Crippen LogP contribution in [0.4, 0.5) is 5.69 Å². The lowest BCUT2D eigenvalue weighted by Gasteiger charge is -2.32. The van der Waals surface area contributed by atoms with Gasteiger partial charge in [0, 0.05) is 23.6 Å². The molecule has 0 aliphatic heterocycles. The molecule has 0 aliphatic rings. The van der Waals surface area contributed by atoms with Gasteiger partial charge in [-0.05, 0) is 30.7 Å². The monoisotopic (exact) mass is 338 g/mol. The predicted molar refractivity (Wildman–Crippen MR) is 88.3 cm³/mol. The fraction of sp³-hybridized carbons (Fsp3) is 0.250. The van der Waals surface area contributed by atoms with Crippen molar-refractivity contribution in [3.05, 3.63) is 58.3 Å². The van der Waals surface area contributed by atoms with E-state index in [-0.39, 0.29) is 0 Å². The molecule has 4 nitrogen and oxygen atoms in total. The summed E-state index contributed by atoms with van der Waals surface area (Å²) in [5.41, 5.74) is 0.348. The largest absolute Gasteiger partial charge is 0.467 e. The van der Waals surface area contributed by atoms with Crippen LogP contribution >= 0.6 is 23.2 Å². The van der Waals surface area contributed by atoms with Gasteiger partial charge in [0.15, 0.2) is 5.54 Å². The highest BCUT2D eigenvalue weighted by Crippen LogP contribution is 2.33. The van der Waals surface area contributed by atoms with Gasteiger partial charge in [-0.1, -0.05) is 36.2 Å². The average Bonchev–Trinajstić information content (AvgIpc) is 2.56. The van der Waals surface area contributed by atoms with Crippen molar-refractivity contribution in [3.8, 4) is 0 Å². The van der Waals surface area contributed by atoms with Crippen LogP contribution in [0.15, 0.2) is 42.7 Å². The molecule has 1 aromatic heterocycles. The zero-order valence-corrected chi connectivity index (χ0v) is 13.8. The number of ether oxygens (including phenoxy) is 1. The highest BCUT2D eigenvalue weighted by Gasteiger charge is 2.40. The molecular formula is C16H16Cl2N2O2. The molecule has 1 N–H and O–H groups in total. The van der Waals surface area contributed by atoms with Gasteiger partial charge in [-0.2, -0.15) is 0 Å². The Hall–Kier alpha value is -1.78. The molecule has 22 heavy (non-hydrogen) atoms. The molecule has 0 saturated heterocycles. The summed E-state index contributed by atoms with van der Waals surface area (Å²) in [6.07, 6.45) is 3.77. The molecule has 0 bridgehead atoms. The zero-order chi connectivity index (χ0) is 16.2. The summed E-state index contributed by atoms with van der Waals surface area (Å²) in [6, 6.07) is 8.72. The molecule has 116 valence electrons. The van der Waals surface area contributed by atoms with Crippen molar-refractivity contribution in [1.82, 2.24) is 4.98 Å². The van der Waals surface area contributed by atoms with Crippen LogP contribution in [0.5, 0.6) is 0 Å². The van der Waals surface area contributed by atoms with Gasteiger partial charge in [0.05, 0.1) is 17.2 Å². The number of halogens is 2. The summed E-state index contributed by atoms with van der Waals surface area (Å²) >= 11 is 12.0. The van der Waals surface area contributed by atoms with E-state index in [1.54, 1.807) is 36.7 Å². The summed E-state index contributed by atoms with van der Waals surface area (Å²) in [5, 5.41) is 4.08. The summed E-state index contributed by atoms with van der Waals surface area (Å²) in [5.74, 6) is -0.394. The second kappa shape index (κ2) is 6.99. The number of anilines is 1. The van der Waals surface area contributed by atoms with Crippen LogP contribution in [0.25, 0.3) is 0 Å². The first-order chi connectivity index (χ1) is 10.5. The quantitative estimate of drug-likeness (QED) is 0.826. The number of aromatic nitrogens is 1. The second-order valence-electron chi connectivity index (χ2n) is 4.75. The second-order valence-corrected chi connectivity index (χ2v) is 5.56. The molecule has 6 heteroatoms. The fourth-order valence-electron chi connectivity index (χ4n) is 2.29. The van der Waals surface area contributed by atoms with E-state index in [4.69, 9.17) is 27.9 Å². The third kappa shape index (κ3) is 3.18. The van der Waals surface area contributed by atoms with Crippen molar-refractivity contribution in [2.24, 2.45) is 0 Å². The lowest BCUT2D eigenvalue weighted by molar-refractivity contribution is -0.146. The van der Waals surface area contributed by atoms with Crippen molar-refractivity contribution in [3.63, 3.8) is 0 Å². The van der Waals surface area contributed by atoms with E-state index in [1.165, 1.54) is 7.11 Å². The number of esters is 1. The molecule has 0 radical (unpaired) electrons. The molecule has 2 rings (SSSR count). The molecule has 0 saturated carbocycles. The first-order valence-corrected chi connectivity index (χ1v) is 7.51. The molecule has 0 aliphatic carbocycles. The number of hydrogen-bond acceptors (Lipinski definition) is 4. The lowest BCUT2D eigenvalue weighted by Crippen LogP contribution is -2.44. The Kier molecular flexibility index (Phi) is 5.27. The Morgan fingerprint density at radius 3 is 2.64 bits per heavy atom. The minimum Gasteiger partial charge on any atom is -0.467 e. The summed E-state index contributed by atoms with van der Waals surface area (Å²) in [6.45, 7) is 1.90. The van der Waals surface area contributed by atoms with Crippen molar-refractivity contribution < 1.29 is 9.53 Å². The molecule has 1 unspecified atom stereocenters. The predicted octanol–water partition coefficient (Wildman–Crippen LogP) is 4.28. The van der Waals surface area contributed by atoms with E-state index in [9.17, 15) is 4.79 Å². The standard InChI is InChI=1S/C16H16Cl2N2O2/c1-3-16(15(21)22-2,11-5-4-8-19-10-11)20-12-6-7-13(17)14(18)9-12/h4-10,20H,3H2,1-2H3. The smallest absolute Gasteiger partial charge is 0.336 e. The van der Waals surface area contributed by atoms with E-state index < -0.39 is 11.5 Å². The molecule has 0 fully saturated rings. The normalized spacial score (nSPS) is 13.3. The van der Waals surface area contributed by atoms with Gasteiger partial charge in [-0.15, -0.1) is 0 Å². The van der Waals surface area contributed by atoms with Crippen LogP contribution in [0.3, 0.4) is 0 Å². The highest BCUT2D eigenvalue weighted by molar-refractivity contribution is 6.42.